The lowest BCUT2D eigenvalue weighted by Crippen LogP contribution is -2.52. The van der Waals surface area contributed by atoms with E-state index in [2.05, 4.69) is 21.3 Å². The van der Waals surface area contributed by atoms with Crippen molar-refractivity contribution < 1.29 is 28.2 Å². The normalized spacial score (nSPS) is 20.1. The van der Waals surface area contributed by atoms with Gasteiger partial charge >= 0.3 is 12.1 Å². The number of hydrogen-bond acceptors (Lipinski definition) is 4. The van der Waals surface area contributed by atoms with Gasteiger partial charge in [0.15, 0.2) is 0 Å². The molecule has 0 aliphatic carbocycles. The maximum absolute atomic E-state index is 13.7. The molecular weight excluding hydrogens is 458 g/mol. The van der Waals surface area contributed by atoms with Gasteiger partial charge in [-0.15, -0.1) is 0 Å². The third kappa shape index (κ3) is 7.55. The Bertz CT molecular complexity index is 964. The number of amides is 4. The van der Waals surface area contributed by atoms with Crippen LogP contribution in [0.5, 0.6) is 0 Å². The van der Waals surface area contributed by atoms with Crippen LogP contribution < -0.4 is 21.3 Å². The Morgan fingerprint density at radius 1 is 1.06 bits per heavy atom. The topological polar surface area (TPSA) is 112 Å². The van der Waals surface area contributed by atoms with Gasteiger partial charge in [0.2, 0.25) is 0 Å². The summed E-state index contributed by atoms with van der Waals surface area (Å²) >= 11 is 5.81. The Morgan fingerprint density at radius 3 is 2.55 bits per heavy atom. The molecule has 178 valence electrons. The first kappa shape index (κ1) is 24.7. The van der Waals surface area contributed by atoms with E-state index in [1.807, 2.05) is 0 Å². The molecule has 0 saturated carbocycles. The monoisotopic (exact) mass is 482 g/mol. The molecule has 3 atom stereocenters. The van der Waals surface area contributed by atoms with E-state index in [-0.39, 0.29) is 24.4 Å². The zero-order valence-electron chi connectivity index (χ0n) is 17.6. The Kier molecular flexibility index (Phi) is 8.81. The molecule has 0 spiro atoms. The Hall–Kier alpha value is -2.95. The summed E-state index contributed by atoms with van der Waals surface area (Å²) in [6.07, 6.45) is 0.703. The average molecular weight is 483 g/mol. The largest absolute Gasteiger partial charge is 0.394 e. The fourth-order valence-corrected chi connectivity index (χ4v) is 3.61. The second kappa shape index (κ2) is 11.8. The minimum absolute atomic E-state index is 0.222. The first-order valence-corrected chi connectivity index (χ1v) is 10.8. The highest BCUT2D eigenvalue weighted by atomic mass is 35.5. The van der Waals surface area contributed by atoms with Gasteiger partial charge in [-0.1, -0.05) is 11.6 Å². The van der Waals surface area contributed by atoms with Gasteiger partial charge < -0.3 is 31.1 Å². The first-order valence-electron chi connectivity index (χ1n) is 10.4. The summed E-state index contributed by atoms with van der Waals surface area (Å²) in [5, 5.41) is 20.5. The third-order valence-corrected chi connectivity index (χ3v) is 5.39. The molecule has 1 saturated heterocycles. The summed E-state index contributed by atoms with van der Waals surface area (Å²) in [7, 11) is 0. The second-order valence-corrected chi connectivity index (χ2v) is 8.00. The maximum Gasteiger partial charge on any atom is 0.319 e. The third-order valence-electron chi connectivity index (χ3n) is 5.14. The van der Waals surface area contributed by atoms with Crippen molar-refractivity contribution >= 4 is 35.0 Å². The molecule has 1 fully saturated rings. The van der Waals surface area contributed by atoms with Crippen LogP contribution >= 0.6 is 11.6 Å². The number of benzene rings is 2. The molecule has 8 nitrogen and oxygen atoms in total. The van der Waals surface area contributed by atoms with Crippen molar-refractivity contribution in [2.75, 3.05) is 23.8 Å². The zero-order chi connectivity index (χ0) is 23.8. The molecule has 0 unspecified atom stereocenters. The Labute approximate surface area is 194 Å². The number of aliphatic hydroxyl groups is 1. The summed E-state index contributed by atoms with van der Waals surface area (Å²) in [5.74, 6) is -1.45. The van der Waals surface area contributed by atoms with Gasteiger partial charge in [0.25, 0.3) is 0 Å². The minimum Gasteiger partial charge on any atom is -0.394 e. The number of ether oxygens (including phenoxy) is 1. The lowest BCUT2D eigenvalue weighted by atomic mass is 9.97. The number of aliphatic hydroxyl groups excluding tert-OH is 1. The van der Waals surface area contributed by atoms with Crippen LogP contribution in [-0.4, -0.2) is 48.6 Å². The van der Waals surface area contributed by atoms with Crippen LogP contribution in [0, 0.1) is 11.6 Å². The Morgan fingerprint density at radius 2 is 1.82 bits per heavy atom. The van der Waals surface area contributed by atoms with Crippen LogP contribution in [0.15, 0.2) is 42.5 Å². The summed E-state index contributed by atoms with van der Waals surface area (Å²) in [6.45, 7) is 0.0138. The predicted octanol–water partition coefficient (Wildman–Crippen LogP) is 3.86. The number of hydrogen-bond donors (Lipinski definition) is 5. The van der Waals surface area contributed by atoms with E-state index >= 15 is 0 Å². The molecule has 11 heteroatoms. The van der Waals surface area contributed by atoms with Gasteiger partial charge in [-0.25, -0.2) is 18.4 Å². The van der Waals surface area contributed by atoms with Gasteiger partial charge in [-0.05, 0) is 55.7 Å². The standard InChI is InChI=1S/C22H25ClF2N4O4/c23-13-1-4-15(5-2-13)27-21(31)26-10-9-16-6-8-18(20(12-30)33-16)28-22(32)29-19-11-14(24)3-7-17(19)25/h1-5,7,11,16,18,20,30H,6,8-10,12H2,(H2,26,27,31)(H2,28,29,32)/t16-,18-,20+/m0/s1. The summed E-state index contributed by atoms with van der Waals surface area (Å²) < 4.78 is 32.8. The quantitative estimate of drug-likeness (QED) is 0.412. The van der Waals surface area contributed by atoms with E-state index < -0.39 is 29.8 Å². The van der Waals surface area contributed by atoms with Crippen LogP contribution in [0.3, 0.4) is 0 Å². The number of carbonyl (C=O) groups excluding carboxylic acids is 2. The summed E-state index contributed by atoms with van der Waals surface area (Å²) in [6, 6.07) is 7.84. The average Bonchev–Trinajstić information content (AvgIpc) is 2.78. The van der Waals surface area contributed by atoms with Crippen molar-refractivity contribution in [2.45, 2.75) is 37.5 Å². The smallest absolute Gasteiger partial charge is 0.319 e. The molecule has 1 heterocycles. The van der Waals surface area contributed by atoms with Crippen LogP contribution in [-0.2, 0) is 4.74 Å². The molecule has 0 bridgehead atoms. The van der Waals surface area contributed by atoms with Crippen molar-refractivity contribution in [3.63, 3.8) is 0 Å². The molecule has 2 aromatic rings. The lowest BCUT2D eigenvalue weighted by molar-refractivity contribution is -0.0885. The van der Waals surface area contributed by atoms with Gasteiger partial charge in [0.1, 0.15) is 17.7 Å². The van der Waals surface area contributed by atoms with Crippen LogP contribution in [0.2, 0.25) is 5.02 Å². The van der Waals surface area contributed by atoms with E-state index in [1.165, 1.54) is 0 Å². The number of halogens is 3. The first-order chi connectivity index (χ1) is 15.8. The maximum atomic E-state index is 13.7. The molecule has 33 heavy (non-hydrogen) atoms. The fourth-order valence-electron chi connectivity index (χ4n) is 3.48. The van der Waals surface area contributed by atoms with Crippen molar-refractivity contribution in [3.05, 3.63) is 59.1 Å². The van der Waals surface area contributed by atoms with Gasteiger partial charge in [-0.3, -0.25) is 0 Å². The molecular formula is C22H25ClF2N4O4. The predicted molar refractivity (Wildman–Crippen MR) is 120 cm³/mol. The van der Waals surface area contributed by atoms with Crippen molar-refractivity contribution in [2.24, 2.45) is 0 Å². The SMILES string of the molecule is O=C(NCC[C@@H]1CC[C@H](NC(=O)Nc2cc(F)ccc2F)[C@@H](CO)O1)Nc1ccc(Cl)cc1. The van der Waals surface area contributed by atoms with Crippen LogP contribution in [0.1, 0.15) is 19.3 Å². The van der Waals surface area contributed by atoms with Gasteiger partial charge in [0.05, 0.1) is 24.4 Å². The Balaban J connectivity index is 1.41. The highest BCUT2D eigenvalue weighted by molar-refractivity contribution is 6.30. The molecule has 1 aliphatic rings. The van der Waals surface area contributed by atoms with E-state index in [4.69, 9.17) is 16.3 Å². The molecule has 1 aliphatic heterocycles. The van der Waals surface area contributed by atoms with Crippen molar-refractivity contribution in [1.29, 1.82) is 0 Å². The molecule has 4 amide bonds. The summed E-state index contributed by atoms with van der Waals surface area (Å²) in [5.41, 5.74) is 0.321. The zero-order valence-corrected chi connectivity index (χ0v) is 18.4. The fraction of sp³-hybridized carbons (Fsp3) is 0.364. The van der Waals surface area contributed by atoms with E-state index in [0.717, 1.165) is 18.2 Å². The molecule has 2 aromatic carbocycles. The molecule has 0 radical (unpaired) electrons. The molecule has 3 rings (SSSR count). The number of anilines is 2. The highest BCUT2D eigenvalue weighted by Crippen LogP contribution is 2.22. The lowest BCUT2D eigenvalue weighted by Gasteiger charge is -2.36. The van der Waals surface area contributed by atoms with Crippen molar-refractivity contribution in [3.8, 4) is 0 Å². The van der Waals surface area contributed by atoms with E-state index in [9.17, 15) is 23.5 Å². The van der Waals surface area contributed by atoms with E-state index in [1.54, 1.807) is 24.3 Å². The second-order valence-electron chi connectivity index (χ2n) is 7.56. The number of nitrogens with one attached hydrogen (secondary N) is 4. The van der Waals surface area contributed by atoms with Crippen LogP contribution in [0.25, 0.3) is 0 Å². The number of urea groups is 2. The number of carbonyl (C=O) groups is 2. The van der Waals surface area contributed by atoms with Crippen molar-refractivity contribution in [1.82, 2.24) is 10.6 Å². The van der Waals surface area contributed by atoms with E-state index in [0.29, 0.717) is 36.5 Å². The minimum atomic E-state index is -0.766. The van der Waals surface area contributed by atoms with Gasteiger partial charge in [0, 0.05) is 23.3 Å². The molecule has 0 aromatic heterocycles. The number of rotatable bonds is 7. The highest BCUT2D eigenvalue weighted by Gasteiger charge is 2.32. The van der Waals surface area contributed by atoms with Gasteiger partial charge in [-0.2, -0.15) is 0 Å². The van der Waals surface area contributed by atoms with Crippen LogP contribution in [0.4, 0.5) is 29.7 Å². The summed E-state index contributed by atoms with van der Waals surface area (Å²) in [4.78, 5) is 24.2. The molecule has 5 N–H and O–H groups in total.